The molecule has 2 aromatic heterocycles. The van der Waals surface area contributed by atoms with Crippen LogP contribution in [-0.2, 0) is 4.79 Å². The third-order valence-corrected chi connectivity index (χ3v) is 6.45. The molecule has 2 aliphatic rings. The number of rotatable bonds is 3. The normalized spacial score (nSPS) is 21.4. The summed E-state index contributed by atoms with van der Waals surface area (Å²) < 4.78 is 0. The average molecular weight is 451 g/mol. The van der Waals surface area contributed by atoms with Crippen LogP contribution < -0.4 is 4.90 Å². The molecule has 0 saturated heterocycles. The number of hydrogen-bond acceptors (Lipinski definition) is 5. The monoisotopic (exact) mass is 450 g/mol. The molecule has 1 aliphatic heterocycles. The summed E-state index contributed by atoms with van der Waals surface area (Å²) >= 11 is 0. The zero-order valence-electron chi connectivity index (χ0n) is 19.2. The van der Waals surface area contributed by atoms with E-state index in [1.165, 1.54) is 0 Å². The van der Waals surface area contributed by atoms with E-state index >= 15 is 0 Å². The van der Waals surface area contributed by atoms with Crippen molar-refractivity contribution in [1.29, 1.82) is 5.41 Å². The average Bonchev–Trinajstić information content (AvgIpc) is 2.84. The molecule has 1 unspecified atom stereocenters. The number of amidine groups is 1. The molecule has 0 saturated carbocycles. The Bertz CT molecular complexity index is 1310. The Morgan fingerprint density at radius 3 is 2.35 bits per heavy atom. The fraction of sp³-hybridized carbons (Fsp3) is 0.214. The van der Waals surface area contributed by atoms with Crippen molar-refractivity contribution in [1.82, 2.24) is 9.97 Å². The Balaban J connectivity index is 1.85. The first-order valence-corrected chi connectivity index (χ1v) is 11.3. The van der Waals surface area contributed by atoms with E-state index in [-0.39, 0.29) is 22.8 Å². The van der Waals surface area contributed by atoms with Crippen LogP contribution in [0.25, 0.3) is 5.76 Å². The molecule has 5 rings (SSSR count). The van der Waals surface area contributed by atoms with Crippen molar-refractivity contribution < 1.29 is 9.90 Å². The van der Waals surface area contributed by atoms with Gasteiger partial charge in [-0.2, -0.15) is 0 Å². The van der Waals surface area contributed by atoms with E-state index in [2.05, 4.69) is 23.8 Å². The number of nitrogens with one attached hydrogen (secondary N) is 1. The highest BCUT2D eigenvalue weighted by atomic mass is 16.3. The highest BCUT2D eigenvalue weighted by Crippen LogP contribution is 2.51. The number of pyridine rings is 2. The molecule has 34 heavy (non-hydrogen) atoms. The van der Waals surface area contributed by atoms with Crippen molar-refractivity contribution in [3.8, 4) is 0 Å². The van der Waals surface area contributed by atoms with Crippen LogP contribution in [0.4, 0.5) is 5.69 Å². The zero-order chi connectivity index (χ0) is 23.9. The predicted octanol–water partition coefficient (Wildman–Crippen LogP) is 5.67. The van der Waals surface area contributed by atoms with Gasteiger partial charge in [-0.1, -0.05) is 50.2 Å². The summed E-state index contributed by atoms with van der Waals surface area (Å²) in [5.41, 5.74) is 3.59. The molecule has 0 radical (unpaired) electrons. The Hall–Kier alpha value is -4.06. The van der Waals surface area contributed by atoms with Gasteiger partial charge in [0.15, 0.2) is 5.78 Å². The molecule has 0 bridgehead atoms. The van der Waals surface area contributed by atoms with Crippen LogP contribution in [-0.4, -0.2) is 26.7 Å². The summed E-state index contributed by atoms with van der Waals surface area (Å²) in [6, 6.07) is 16.6. The second-order valence-corrected chi connectivity index (χ2v) is 9.54. The number of nitrogens with zero attached hydrogens (tertiary/aromatic N) is 3. The largest absolute Gasteiger partial charge is 0.507 e. The lowest BCUT2D eigenvalue weighted by Crippen LogP contribution is -2.45. The Kier molecular flexibility index (Phi) is 5.36. The molecule has 2 N–H and O–H groups in total. The smallest absolute Gasteiger partial charge is 0.162 e. The number of allylic oxidation sites excluding steroid dienone is 2. The third-order valence-electron chi connectivity index (χ3n) is 6.45. The van der Waals surface area contributed by atoms with Crippen molar-refractivity contribution in [3.05, 3.63) is 107 Å². The van der Waals surface area contributed by atoms with Crippen LogP contribution in [0.5, 0.6) is 0 Å². The van der Waals surface area contributed by atoms with Gasteiger partial charge in [0.05, 0.1) is 11.9 Å². The minimum atomic E-state index is -0.590. The van der Waals surface area contributed by atoms with Crippen LogP contribution in [0.1, 0.15) is 43.7 Å². The van der Waals surface area contributed by atoms with Crippen LogP contribution in [0.3, 0.4) is 0 Å². The van der Waals surface area contributed by atoms with Gasteiger partial charge in [-0.3, -0.25) is 25.1 Å². The van der Waals surface area contributed by atoms with Gasteiger partial charge in [-0.15, -0.1) is 0 Å². The van der Waals surface area contributed by atoms with Gasteiger partial charge in [0, 0.05) is 53.3 Å². The summed E-state index contributed by atoms with van der Waals surface area (Å²) in [5.74, 6) is -0.447. The first-order valence-electron chi connectivity index (χ1n) is 11.3. The van der Waals surface area contributed by atoms with Crippen molar-refractivity contribution in [2.24, 2.45) is 5.41 Å². The maximum atomic E-state index is 13.7. The van der Waals surface area contributed by atoms with E-state index in [4.69, 9.17) is 0 Å². The van der Waals surface area contributed by atoms with Crippen molar-refractivity contribution in [2.75, 3.05) is 4.90 Å². The summed E-state index contributed by atoms with van der Waals surface area (Å²) in [4.78, 5) is 24.0. The van der Waals surface area contributed by atoms with Crippen LogP contribution >= 0.6 is 0 Å². The molecule has 6 heteroatoms. The molecular weight excluding hydrogens is 424 g/mol. The fourth-order valence-electron chi connectivity index (χ4n) is 5.02. The number of carbonyl (C=O) groups excluding carboxylic acids is 1. The first-order chi connectivity index (χ1) is 16.4. The van der Waals surface area contributed by atoms with E-state index in [9.17, 15) is 15.3 Å². The van der Waals surface area contributed by atoms with Gasteiger partial charge < -0.3 is 5.11 Å². The number of carbonyl (C=O) groups is 1. The summed E-state index contributed by atoms with van der Waals surface area (Å²) in [5, 5.41) is 20.9. The highest BCUT2D eigenvalue weighted by Gasteiger charge is 2.46. The summed E-state index contributed by atoms with van der Waals surface area (Å²) in [7, 11) is 0. The van der Waals surface area contributed by atoms with E-state index in [1.807, 2.05) is 42.5 Å². The lowest BCUT2D eigenvalue weighted by molar-refractivity contribution is -0.118. The summed E-state index contributed by atoms with van der Waals surface area (Å²) in [6.45, 7) is 4.15. The molecule has 0 amide bonds. The van der Waals surface area contributed by atoms with Gasteiger partial charge in [0.1, 0.15) is 11.6 Å². The number of anilines is 1. The van der Waals surface area contributed by atoms with Crippen LogP contribution in [0.2, 0.25) is 0 Å². The lowest BCUT2D eigenvalue weighted by atomic mass is 9.67. The minimum Gasteiger partial charge on any atom is -0.507 e. The van der Waals surface area contributed by atoms with E-state index in [0.717, 1.165) is 11.3 Å². The molecule has 3 heterocycles. The number of aromatic nitrogens is 2. The SMILES string of the molecule is CC1(C)CC(=O)C2=C(C1)N(c1cccnc1)C(=N)/C(=C(/O)c1ccccc1)C2c1cccnc1. The molecule has 1 atom stereocenters. The molecular formula is C28H26N4O2. The summed E-state index contributed by atoms with van der Waals surface area (Å²) in [6.07, 6.45) is 7.79. The van der Waals surface area contributed by atoms with Crippen LogP contribution in [0.15, 0.2) is 96.2 Å². The van der Waals surface area contributed by atoms with Crippen molar-refractivity contribution >= 4 is 23.1 Å². The molecule has 1 aromatic carbocycles. The molecule has 1 aliphatic carbocycles. The van der Waals surface area contributed by atoms with E-state index < -0.39 is 5.92 Å². The third kappa shape index (κ3) is 3.71. The standard InChI is InChI=1S/C28H26N4O2/c1-28(2)14-21-24(22(33)15-28)23(19-10-6-12-30-16-19)25(26(34)18-8-4-3-5-9-18)27(29)32(21)20-11-7-13-31-17-20/h3-13,16-17,23,29,34H,14-15H2,1-2H3/b26-25+,29-27?. The molecule has 170 valence electrons. The van der Waals surface area contributed by atoms with Crippen LogP contribution in [0, 0.1) is 10.8 Å². The number of benzene rings is 1. The molecule has 3 aromatic rings. The molecule has 0 fully saturated rings. The first kappa shape index (κ1) is 21.8. The fourth-order valence-corrected chi connectivity index (χ4v) is 5.02. The number of aliphatic hydroxyl groups is 1. The van der Waals surface area contributed by atoms with Crippen molar-refractivity contribution in [2.45, 2.75) is 32.6 Å². The quantitative estimate of drug-likeness (QED) is 0.502. The van der Waals surface area contributed by atoms with Gasteiger partial charge >= 0.3 is 0 Å². The topological polar surface area (TPSA) is 90.2 Å². The second-order valence-electron chi connectivity index (χ2n) is 9.54. The maximum absolute atomic E-state index is 13.7. The van der Waals surface area contributed by atoms with Gasteiger partial charge in [0.25, 0.3) is 0 Å². The van der Waals surface area contributed by atoms with Crippen molar-refractivity contribution in [3.63, 3.8) is 0 Å². The minimum absolute atomic E-state index is 0.0162. The number of Topliss-reactive ketones (excluding diaryl/α,β-unsaturated/α-hetero) is 1. The second kappa shape index (κ2) is 8.37. The lowest BCUT2D eigenvalue weighted by Gasteiger charge is -2.45. The highest BCUT2D eigenvalue weighted by molar-refractivity contribution is 6.19. The predicted molar refractivity (Wildman–Crippen MR) is 132 cm³/mol. The molecule has 6 nitrogen and oxygen atoms in total. The zero-order valence-corrected chi connectivity index (χ0v) is 19.2. The van der Waals surface area contributed by atoms with E-state index in [1.54, 1.807) is 41.8 Å². The van der Waals surface area contributed by atoms with Gasteiger partial charge in [-0.05, 0) is 35.6 Å². The van der Waals surface area contributed by atoms with E-state index in [0.29, 0.717) is 35.2 Å². The number of ketones is 1. The maximum Gasteiger partial charge on any atom is 0.162 e. The Labute approximate surface area is 198 Å². The number of aliphatic hydroxyl groups excluding tert-OH is 1. The Morgan fingerprint density at radius 1 is 1.00 bits per heavy atom. The Morgan fingerprint density at radius 2 is 1.71 bits per heavy atom. The van der Waals surface area contributed by atoms with Gasteiger partial charge in [0.2, 0.25) is 0 Å². The molecule has 0 spiro atoms. The number of hydrogen-bond donors (Lipinski definition) is 2. The van der Waals surface area contributed by atoms with Gasteiger partial charge in [-0.25, -0.2) is 0 Å².